The first-order valence-corrected chi connectivity index (χ1v) is 12.0. The van der Waals surface area contributed by atoms with E-state index >= 15 is 0 Å². The number of carbonyl (C=O) groups is 1. The highest BCUT2D eigenvalue weighted by atomic mass is 16.8. The lowest BCUT2D eigenvalue weighted by atomic mass is 9.97. The normalized spacial score (nSPS) is 38.9. The molecule has 0 spiro atoms. The van der Waals surface area contributed by atoms with Crippen LogP contribution >= 0.6 is 0 Å². The summed E-state index contributed by atoms with van der Waals surface area (Å²) >= 11 is 0. The molecule has 192 valence electrons. The zero-order chi connectivity index (χ0) is 24.6. The highest BCUT2D eigenvalue weighted by Crippen LogP contribution is 2.44. The second-order valence-electron chi connectivity index (χ2n) is 9.32. The van der Waals surface area contributed by atoms with E-state index in [1.165, 1.54) is 0 Å². The van der Waals surface area contributed by atoms with Crippen LogP contribution in [0.3, 0.4) is 0 Å². The molecule has 2 aromatic rings. The van der Waals surface area contributed by atoms with Gasteiger partial charge in [-0.3, -0.25) is 0 Å². The summed E-state index contributed by atoms with van der Waals surface area (Å²) in [6.45, 7) is 0.668. The molecule has 4 aliphatic heterocycles. The smallest absolute Gasteiger partial charge is 0.335 e. The molecular weight excluding hydrogens is 472 g/mol. The van der Waals surface area contributed by atoms with Gasteiger partial charge >= 0.3 is 5.97 Å². The molecular formula is C26H28O10. The Labute approximate surface area is 207 Å². The average molecular weight is 501 g/mol. The molecule has 0 unspecified atom stereocenters. The van der Waals surface area contributed by atoms with Gasteiger partial charge in [0.25, 0.3) is 0 Å². The molecule has 0 amide bonds. The molecule has 4 saturated heterocycles. The van der Waals surface area contributed by atoms with Gasteiger partial charge in [0.15, 0.2) is 18.7 Å². The fraction of sp³-hybridized carbons (Fsp3) is 0.500. The number of fused-ring (bicyclic) bond motifs is 4. The molecule has 36 heavy (non-hydrogen) atoms. The lowest BCUT2D eigenvalue weighted by Gasteiger charge is -2.44. The van der Waals surface area contributed by atoms with Gasteiger partial charge in [-0.15, -0.1) is 0 Å². The van der Waals surface area contributed by atoms with E-state index < -0.39 is 49.1 Å². The largest absolute Gasteiger partial charge is 0.479 e. The van der Waals surface area contributed by atoms with Crippen molar-refractivity contribution in [2.24, 2.45) is 0 Å². The number of aliphatic carboxylic acids is 1. The monoisotopic (exact) mass is 500 g/mol. The van der Waals surface area contributed by atoms with Gasteiger partial charge in [-0.25, -0.2) is 4.79 Å². The highest BCUT2D eigenvalue weighted by molar-refractivity contribution is 5.73. The fourth-order valence-corrected chi connectivity index (χ4v) is 4.97. The number of aliphatic hydroxyl groups is 1. The quantitative estimate of drug-likeness (QED) is 0.486. The molecule has 4 fully saturated rings. The van der Waals surface area contributed by atoms with Crippen molar-refractivity contribution in [2.45, 2.75) is 74.6 Å². The number of epoxide rings is 1. The first-order valence-electron chi connectivity index (χ1n) is 12.0. The van der Waals surface area contributed by atoms with Gasteiger partial charge in [-0.05, 0) is 11.1 Å². The number of hydrogen-bond acceptors (Lipinski definition) is 9. The predicted octanol–water partition coefficient (Wildman–Crippen LogP) is 1.24. The van der Waals surface area contributed by atoms with Crippen molar-refractivity contribution < 1.29 is 48.2 Å². The summed E-state index contributed by atoms with van der Waals surface area (Å²) in [6.07, 6.45) is -7.99. The Balaban J connectivity index is 1.25. The molecule has 2 aromatic carbocycles. The van der Waals surface area contributed by atoms with Crippen molar-refractivity contribution in [3.63, 3.8) is 0 Å². The third kappa shape index (κ3) is 4.79. The van der Waals surface area contributed by atoms with E-state index in [-0.39, 0.29) is 31.5 Å². The van der Waals surface area contributed by atoms with Crippen LogP contribution in [-0.2, 0) is 51.2 Å². The van der Waals surface area contributed by atoms with Crippen LogP contribution < -0.4 is 0 Å². The summed E-state index contributed by atoms with van der Waals surface area (Å²) in [4.78, 5) is 12.0. The lowest BCUT2D eigenvalue weighted by molar-refractivity contribution is -0.328. The summed E-state index contributed by atoms with van der Waals surface area (Å²) in [5, 5.41) is 20.8. The molecule has 10 heteroatoms. The minimum absolute atomic E-state index is 0.144. The van der Waals surface area contributed by atoms with Crippen LogP contribution in [0.5, 0.6) is 0 Å². The van der Waals surface area contributed by atoms with E-state index in [0.717, 1.165) is 11.1 Å². The van der Waals surface area contributed by atoms with Crippen molar-refractivity contribution in [2.75, 3.05) is 6.61 Å². The van der Waals surface area contributed by atoms with E-state index in [2.05, 4.69) is 0 Å². The molecule has 6 rings (SSSR count). The van der Waals surface area contributed by atoms with Crippen LogP contribution in [0.1, 0.15) is 11.1 Å². The second-order valence-corrected chi connectivity index (χ2v) is 9.32. The maximum Gasteiger partial charge on any atom is 0.335 e. The lowest BCUT2D eigenvalue weighted by Crippen LogP contribution is -2.63. The summed E-state index contributed by atoms with van der Waals surface area (Å²) < 4.78 is 41.5. The molecule has 2 bridgehead atoms. The number of benzene rings is 2. The third-order valence-corrected chi connectivity index (χ3v) is 6.88. The summed E-state index contributed by atoms with van der Waals surface area (Å²) in [6, 6.07) is 18.9. The number of carboxylic acids is 1. The van der Waals surface area contributed by atoms with Crippen molar-refractivity contribution >= 4 is 5.97 Å². The van der Waals surface area contributed by atoms with Gasteiger partial charge in [-0.1, -0.05) is 60.7 Å². The van der Waals surface area contributed by atoms with Crippen molar-refractivity contribution in [3.8, 4) is 0 Å². The number of carboxylic acid groups (broad SMARTS) is 1. The highest BCUT2D eigenvalue weighted by Gasteiger charge is 2.63. The zero-order valence-electron chi connectivity index (χ0n) is 19.3. The number of hydrogen-bond donors (Lipinski definition) is 2. The average Bonchev–Trinajstić information content (AvgIpc) is 3.59. The van der Waals surface area contributed by atoms with Crippen LogP contribution in [0.15, 0.2) is 60.7 Å². The Bertz CT molecular complexity index is 1040. The molecule has 10 atom stereocenters. The molecule has 0 radical (unpaired) electrons. The molecule has 0 aromatic heterocycles. The van der Waals surface area contributed by atoms with E-state index in [9.17, 15) is 15.0 Å². The predicted molar refractivity (Wildman–Crippen MR) is 120 cm³/mol. The maximum atomic E-state index is 12.0. The van der Waals surface area contributed by atoms with E-state index in [0.29, 0.717) is 6.61 Å². The van der Waals surface area contributed by atoms with E-state index in [4.69, 9.17) is 33.2 Å². The van der Waals surface area contributed by atoms with Crippen LogP contribution in [0.25, 0.3) is 0 Å². The summed E-state index contributed by atoms with van der Waals surface area (Å²) in [5.41, 5.74) is 1.76. The molecule has 0 saturated carbocycles. The standard InChI is InChI=1S/C26H28O10/c27-17-19(30-11-14-7-3-1-4-8-14)22(31-12-15-9-5-2-6-10-15)26(36-20(17)24(28)29)35-18-16-13-32-25(33-16)23-21(18)34-23/h1-10,16-23,25-27H,11-13H2,(H,28,29)/t16-,17+,18-,19+,20+,21+,22-,23+,25-,26-/m1/s1. The van der Waals surface area contributed by atoms with Gasteiger partial charge in [-0.2, -0.15) is 0 Å². The second kappa shape index (κ2) is 10.2. The molecule has 0 aliphatic carbocycles. The van der Waals surface area contributed by atoms with Crippen molar-refractivity contribution in [3.05, 3.63) is 71.8 Å². The topological polar surface area (TPSA) is 125 Å². The van der Waals surface area contributed by atoms with Gasteiger partial charge < -0.3 is 43.4 Å². The molecule has 4 aliphatic rings. The summed E-state index contributed by atoms with van der Waals surface area (Å²) in [7, 11) is 0. The Morgan fingerprint density at radius 3 is 2.11 bits per heavy atom. The number of rotatable bonds is 9. The SMILES string of the molecule is O=C(O)[C@H]1O[C@@H](O[C@H]2[C@@H]3O[C@@H]3[C@@H]3OC[C@H]2O3)[C@H](OCc2ccccc2)[C@@H](OCc2ccccc2)[C@@H]1O. The maximum absolute atomic E-state index is 12.0. The van der Waals surface area contributed by atoms with Crippen molar-refractivity contribution in [1.82, 2.24) is 0 Å². The Morgan fingerprint density at radius 1 is 0.833 bits per heavy atom. The Hall–Kier alpha value is -2.41. The van der Waals surface area contributed by atoms with Crippen LogP contribution in [0.2, 0.25) is 0 Å². The summed E-state index contributed by atoms with van der Waals surface area (Å²) in [5.74, 6) is -1.32. The molecule has 10 nitrogen and oxygen atoms in total. The Kier molecular flexibility index (Phi) is 6.76. The molecule has 4 heterocycles. The zero-order valence-corrected chi connectivity index (χ0v) is 19.3. The first kappa shape index (κ1) is 24.0. The van der Waals surface area contributed by atoms with Crippen LogP contribution in [0, 0.1) is 0 Å². The van der Waals surface area contributed by atoms with Gasteiger partial charge in [0.2, 0.25) is 0 Å². The number of ether oxygens (including phenoxy) is 7. The number of aliphatic hydroxyl groups excluding tert-OH is 1. The van der Waals surface area contributed by atoms with Gasteiger partial charge in [0.1, 0.15) is 42.7 Å². The van der Waals surface area contributed by atoms with Crippen LogP contribution in [-0.4, -0.2) is 84.2 Å². The van der Waals surface area contributed by atoms with Gasteiger partial charge in [0, 0.05) is 0 Å². The van der Waals surface area contributed by atoms with Crippen molar-refractivity contribution in [1.29, 1.82) is 0 Å². The van der Waals surface area contributed by atoms with E-state index in [1.807, 2.05) is 60.7 Å². The fourth-order valence-electron chi connectivity index (χ4n) is 4.97. The third-order valence-electron chi connectivity index (χ3n) is 6.88. The van der Waals surface area contributed by atoms with Crippen LogP contribution in [0.4, 0.5) is 0 Å². The minimum Gasteiger partial charge on any atom is -0.479 e. The van der Waals surface area contributed by atoms with Gasteiger partial charge in [0.05, 0.1) is 19.8 Å². The molecule has 2 N–H and O–H groups in total. The Morgan fingerprint density at radius 2 is 1.47 bits per heavy atom. The minimum atomic E-state index is -1.57. The first-order chi connectivity index (χ1) is 17.6. The van der Waals surface area contributed by atoms with E-state index in [1.54, 1.807) is 0 Å².